The second kappa shape index (κ2) is 1.70. The minimum atomic E-state index is -0.0400. The Labute approximate surface area is 53.6 Å². The summed E-state index contributed by atoms with van der Waals surface area (Å²) in [5.41, 5.74) is 0. The van der Waals surface area contributed by atoms with E-state index in [0.717, 1.165) is 6.54 Å². The Kier molecular flexibility index (Phi) is 0.990. The van der Waals surface area contributed by atoms with Gasteiger partial charge in [-0.3, -0.25) is 9.69 Å². The van der Waals surface area contributed by atoms with Crippen molar-refractivity contribution in [1.82, 2.24) is 4.90 Å². The lowest BCUT2D eigenvalue weighted by Crippen LogP contribution is -2.37. The van der Waals surface area contributed by atoms with E-state index in [1.807, 2.05) is 0 Å². The van der Waals surface area contributed by atoms with Crippen molar-refractivity contribution in [2.45, 2.75) is 12.5 Å². The molecule has 3 heteroatoms. The zero-order valence-electron chi connectivity index (χ0n) is 5.17. The first-order valence-corrected chi connectivity index (χ1v) is 3.26. The fourth-order valence-corrected chi connectivity index (χ4v) is 1.01. The molecule has 0 amide bonds. The van der Waals surface area contributed by atoms with Crippen LogP contribution in [0.2, 0.25) is 0 Å². The predicted molar refractivity (Wildman–Crippen MR) is 30.9 cm³/mol. The minimum absolute atomic E-state index is 0.0400. The lowest BCUT2D eigenvalue weighted by molar-refractivity contribution is -0.169. The summed E-state index contributed by atoms with van der Waals surface area (Å²) in [5, 5.41) is 0. The quantitative estimate of drug-likeness (QED) is 0.374. The van der Waals surface area contributed by atoms with E-state index in [2.05, 4.69) is 4.90 Å². The van der Waals surface area contributed by atoms with E-state index in [0.29, 0.717) is 6.42 Å². The van der Waals surface area contributed by atoms with E-state index < -0.39 is 0 Å². The topological polar surface area (TPSA) is 29.3 Å². The number of nitrogens with zero attached hydrogens (tertiary/aromatic N) is 1. The van der Waals surface area contributed by atoms with Crippen LogP contribution in [-0.2, 0) is 9.53 Å². The standard InChI is InChI=1S/C6H9NO2/c8-6-3-5(9-6)4-7-1-2-7/h5H,1-4H2. The normalized spacial score (nSPS) is 33.3. The van der Waals surface area contributed by atoms with Crippen molar-refractivity contribution >= 4 is 5.97 Å². The van der Waals surface area contributed by atoms with Crippen molar-refractivity contribution in [3.63, 3.8) is 0 Å². The summed E-state index contributed by atoms with van der Waals surface area (Å²) in [7, 11) is 0. The van der Waals surface area contributed by atoms with Gasteiger partial charge in [0.25, 0.3) is 0 Å². The van der Waals surface area contributed by atoms with Gasteiger partial charge >= 0.3 is 5.97 Å². The molecular formula is C6H9NO2. The van der Waals surface area contributed by atoms with Gasteiger partial charge < -0.3 is 4.74 Å². The van der Waals surface area contributed by atoms with Crippen LogP contribution in [0.25, 0.3) is 0 Å². The van der Waals surface area contributed by atoms with Crippen molar-refractivity contribution in [2.24, 2.45) is 0 Å². The molecule has 1 unspecified atom stereocenters. The van der Waals surface area contributed by atoms with E-state index >= 15 is 0 Å². The summed E-state index contributed by atoms with van der Waals surface area (Å²) in [6, 6.07) is 0. The minimum Gasteiger partial charge on any atom is -0.460 e. The van der Waals surface area contributed by atoms with E-state index in [4.69, 9.17) is 4.74 Å². The Bertz CT molecular complexity index is 134. The Morgan fingerprint density at radius 1 is 1.67 bits per heavy atom. The summed E-state index contributed by atoms with van der Waals surface area (Å²) < 4.78 is 4.81. The third kappa shape index (κ3) is 1.05. The number of ether oxygens (including phenoxy) is 1. The molecule has 0 aromatic rings. The van der Waals surface area contributed by atoms with Crippen LogP contribution in [0.1, 0.15) is 6.42 Å². The van der Waals surface area contributed by atoms with Gasteiger partial charge in [-0.1, -0.05) is 0 Å². The average Bonchev–Trinajstić information content (AvgIpc) is 2.45. The van der Waals surface area contributed by atoms with Crippen LogP contribution in [0.15, 0.2) is 0 Å². The molecule has 0 radical (unpaired) electrons. The lowest BCUT2D eigenvalue weighted by atomic mass is 10.2. The monoisotopic (exact) mass is 127 g/mol. The van der Waals surface area contributed by atoms with Gasteiger partial charge in [0.15, 0.2) is 0 Å². The molecule has 3 nitrogen and oxygen atoms in total. The zero-order valence-corrected chi connectivity index (χ0v) is 5.17. The summed E-state index contributed by atoms with van der Waals surface area (Å²) >= 11 is 0. The van der Waals surface area contributed by atoms with Gasteiger partial charge in [-0.05, 0) is 0 Å². The summed E-state index contributed by atoms with van der Waals surface area (Å²) in [5.74, 6) is -0.0400. The van der Waals surface area contributed by atoms with Crippen LogP contribution in [0.3, 0.4) is 0 Å². The molecule has 0 aliphatic carbocycles. The maximum atomic E-state index is 10.3. The molecule has 1 atom stereocenters. The van der Waals surface area contributed by atoms with Crippen molar-refractivity contribution in [1.29, 1.82) is 0 Å². The molecule has 0 bridgehead atoms. The molecule has 0 spiro atoms. The van der Waals surface area contributed by atoms with Crippen LogP contribution in [0.4, 0.5) is 0 Å². The maximum absolute atomic E-state index is 10.3. The second-order valence-corrected chi connectivity index (χ2v) is 2.62. The van der Waals surface area contributed by atoms with Gasteiger partial charge in [-0.25, -0.2) is 0 Å². The zero-order chi connectivity index (χ0) is 6.27. The molecule has 2 saturated heterocycles. The van der Waals surface area contributed by atoms with Gasteiger partial charge in [0.05, 0.1) is 6.42 Å². The number of hydrogen-bond acceptors (Lipinski definition) is 3. The summed E-state index contributed by atoms with van der Waals surface area (Å²) in [4.78, 5) is 12.5. The third-order valence-electron chi connectivity index (χ3n) is 1.69. The smallest absolute Gasteiger partial charge is 0.309 e. The highest BCUT2D eigenvalue weighted by molar-refractivity contribution is 5.75. The van der Waals surface area contributed by atoms with Crippen molar-refractivity contribution in [3.8, 4) is 0 Å². The maximum Gasteiger partial charge on any atom is 0.309 e. The number of carbonyl (C=O) groups excluding carboxylic acids is 1. The van der Waals surface area contributed by atoms with Crippen LogP contribution < -0.4 is 0 Å². The fourth-order valence-electron chi connectivity index (χ4n) is 1.01. The highest BCUT2D eigenvalue weighted by atomic mass is 16.6. The highest BCUT2D eigenvalue weighted by Crippen LogP contribution is 2.17. The Morgan fingerprint density at radius 3 is 2.78 bits per heavy atom. The van der Waals surface area contributed by atoms with Gasteiger partial charge in [0.2, 0.25) is 0 Å². The largest absolute Gasteiger partial charge is 0.460 e. The van der Waals surface area contributed by atoms with Crippen LogP contribution >= 0.6 is 0 Å². The molecule has 2 heterocycles. The molecule has 0 aromatic carbocycles. The molecule has 9 heavy (non-hydrogen) atoms. The predicted octanol–water partition coefficient (Wildman–Crippen LogP) is -0.383. The van der Waals surface area contributed by atoms with Crippen molar-refractivity contribution < 1.29 is 9.53 Å². The number of rotatable bonds is 2. The molecule has 2 aliphatic rings. The lowest BCUT2D eigenvalue weighted by Gasteiger charge is -2.25. The molecule has 0 aromatic heterocycles. The number of hydrogen-bond donors (Lipinski definition) is 0. The molecule has 2 aliphatic heterocycles. The molecule has 0 N–H and O–H groups in total. The van der Waals surface area contributed by atoms with Gasteiger partial charge in [-0.2, -0.15) is 0 Å². The van der Waals surface area contributed by atoms with Crippen LogP contribution in [0, 0.1) is 0 Å². The van der Waals surface area contributed by atoms with E-state index in [1.54, 1.807) is 0 Å². The third-order valence-corrected chi connectivity index (χ3v) is 1.69. The molecule has 50 valence electrons. The van der Waals surface area contributed by atoms with E-state index in [-0.39, 0.29) is 12.1 Å². The fraction of sp³-hybridized carbons (Fsp3) is 0.833. The van der Waals surface area contributed by atoms with E-state index in [1.165, 1.54) is 13.1 Å². The summed E-state index contributed by atoms with van der Waals surface area (Å²) in [6.45, 7) is 3.34. The van der Waals surface area contributed by atoms with Crippen molar-refractivity contribution in [3.05, 3.63) is 0 Å². The first-order valence-electron chi connectivity index (χ1n) is 3.26. The second-order valence-electron chi connectivity index (χ2n) is 2.62. The number of carbonyl (C=O) groups is 1. The first-order chi connectivity index (χ1) is 4.34. The average molecular weight is 127 g/mol. The summed E-state index contributed by atoms with van der Waals surface area (Å²) in [6.07, 6.45) is 0.858. The van der Waals surface area contributed by atoms with Gasteiger partial charge in [0.1, 0.15) is 6.10 Å². The van der Waals surface area contributed by atoms with Crippen LogP contribution in [-0.4, -0.2) is 36.6 Å². The van der Waals surface area contributed by atoms with Crippen molar-refractivity contribution in [2.75, 3.05) is 19.6 Å². The number of cyclic esters (lactones) is 1. The Hall–Kier alpha value is -0.570. The van der Waals surface area contributed by atoms with Gasteiger partial charge in [-0.15, -0.1) is 0 Å². The molecule has 2 rings (SSSR count). The van der Waals surface area contributed by atoms with E-state index in [9.17, 15) is 4.79 Å². The van der Waals surface area contributed by atoms with Crippen LogP contribution in [0.5, 0.6) is 0 Å². The Balaban J connectivity index is 1.70. The van der Waals surface area contributed by atoms with Gasteiger partial charge in [0, 0.05) is 19.6 Å². The first kappa shape index (κ1) is 5.23. The molecule has 2 fully saturated rings. The Morgan fingerprint density at radius 2 is 2.33 bits per heavy atom. The molecule has 0 saturated carbocycles. The highest BCUT2D eigenvalue weighted by Gasteiger charge is 2.32. The molecular weight excluding hydrogens is 118 g/mol. The SMILES string of the molecule is O=C1CC(CN2CC2)O1. The number of esters is 1.